The van der Waals surface area contributed by atoms with Crippen LogP contribution < -0.4 is 10.9 Å². The fourth-order valence-electron chi connectivity index (χ4n) is 3.28. The van der Waals surface area contributed by atoms with Crippen molar-refractivity contribution in [1.29, 1.82) is 0 Å². The van der Waals surface area contributed by atoms with Gasteiger partial charge in [0.05, 0.1) is 11.1 Å². The summed E-state index contributed by atoms with van der Waals surface area (Å²) in [4.78, 5) is 50.5. The van der Waals surface area contributed by atoms with Gasteiger partial charge in [-0.25, -0.2) is 0 Å². The molecule has 1 saturated carbocycles. The van der Waals surface area contributed by atoms with E-state index in [-0.39, 0.29) is 41.3 Å². The van der Waals surface area contributed by atoms with Gasteiger partial charge in [-0.05, 0) is 43.1 Å². The lowest BCUT2D eigenvalue weighted by atomic mass is 9.79. The fraction of sp³-hybridized carbons (Fsp3) is 0.524. The van der Waals surface area contributed by atoms with E-state index < -0.39 is 14.2 Å². The molecule has 1 aliphatic heterocycles. The quantitative estimate of drug-likeness (QED) is 0.423. The average Bonchev–Trinajstić information content (AvgIpc) is 2.88. The standard InChI is InChI=1S/C21H29N3O5Si/c1-21(2,3)30(4,5)29-12-17(25)22-23-18(26)13-10-14(11-13)24-19(27)15-8-6-7-9-16(15)20(24)28/h6-9,13-14H,10-12H2,1-5H3,(H,22,25)(H,23,26). The molecule has 3 rings (SSSR count). The smallest absolute Gasteiger partial charge is 0.263 e. The molecule has 1 aromatic carbocycles. The Morgan fingerprint density at radius 2 is 1.60 bits per heavy atom. The lowest BCUT2D eigenvalue weighted by Gasteiger charge is -2.39. The predicted molar refractivity (Wildman–Crippen MR) is 113 cm³/mol. The van der Waals surface area contributed by atoms with Crippen LogP contribution in [0.25, 0.3) is 0 Å². The Morgan fingerprint density at radius 3 is 2.10 bits per heavy atom. The second-order valence-electron chi connectivity index (χ2n) is 9.43. The third-order valence-corrected chi connectivity index (χ3v) is 10.8. The van der Waals surface area contributed by atoms with Gasteiger partial charge in [-0.2, -0.15) is 0 Å². The summed E-state index contributed by atoms with van der Waals surface area (Å²) in [5.74, 6) is -1.72. The van der Waals surface area contributed by atoms with E-state index in [2.05, 4.69) is 31.6 Å². The number of hydrazine groups is 1. The van der Waals surface area contributed by atoms with E-state index in [9.17, 15) is 19.2 Å². The maximum absolute atomic E-state index is 12.5. The Hall–Kier alpha value is -2.52. The first-order valence-corrected chi connectivity index (χ1v) is 13.0. The normalized spacial score (nSPS) is 21.2. The van der Waals surface area contributed by atoms with Gasteiger partial charge in [0.2, 0.25) is 5.91 Å². The Morgan fingerprint density at radius 1 is 1.07 bits per heavy atom. The number of amides is 4. The zero-order valence-corrected chi connectivity index (χ0v) is 19.1. The van der Waals surface area contributed by atoms with Crippen molar-refractivity contribution < 1.29 is 23.6 Å². The summed E-state index contributed by atoms with van der Waals surface area (Å²) in [6.07, 6.45) is 0.765. The molecule has 0 spiro atoms. The average molecular weight is 432 g/mol. The van der Waals surface area contributed by atoms with E-state index in [4.69, 9.17) is 4.43 Å². The molecular formula is C21H29N3O5Si. The zero-order valence-electron chi connectivity index (χ0n) is 18.1. The second-order valence-corrected chi connectivity index (χ2v) is 14.2. The number of imide groups is 1. The molecule has 4 amide bonds. The number of rotatable bonds is 5. The minimum atomic E-state index is -2.05. The van der Waals surface area contributed by atoms with Crippen molar-refractivity contribution >= 4 is 31.9 Å². The van der Waals surface area contributed by atoms with Crippen molar-refractivity contribution in [3.8, 4) is 0 Å². The molecule has 1 fully saturated rings. The molecule has 0 radical (unpaired) electrons. The fourth-order valence-corrected chi connectivity index (χ4v) is 4.21. The molecule has 2 N–H and O–H groups in total. The molecule has 2 aliphatic rings. The molecule has 0 saturated heterocycles. The van der Waals surface area contributed by atoms with Crippen molar-refractivity contribution in [2.75, 3.05) is 6.61 Å². The largest absolute Gasteiger partial charge is 0.407 e. The minimum absolute atomic E-state index is 0.0123. The van der Waals surface area contributed by atoms with Gasteiger partial charge < -0.3 is 4.43 Å². The van der Waals surface area contributed by atoms with Crippen LogP contribution in [-0.4, -0.2) is 49.5 Å². The number of nitrogens with zero attached hydrogens (tertiary/aromatic N) is 1. The van der Waals surface area contributed by atoms with Crippen molar-refractivity contribution in [2.24, 2.45) is 5.92 Å². The number of carbonyl (C=O) groups is 4. The van der Waals surface area contributed by atoms with Crippen LogP contribution in [0.5, 0.6) is 0 Å². The Balaban J connectivity index is 1.44. The molecule has 1 aromatic rings. The van der Waals surface area contributed by atoms with Crippen LogP contribution in [0.1, 0.15) is 54.3 Å². The third kappa shape index (κ3) is 4.17. The Kier molecular flexibility index (Phi) is 5.88. The van der Waals surface area contributed by atoms with Gasteiger partial charge in [0.1, 0.15) is 6.61 Å². The first kappa shape index (κ1) is 22.2. The number of fused-ring (bicyclic) bond motifs is 1. The number of carbonyl (C=O) groups excluding carboxylic acids is 4. The molecule has 9 heteroatoms. The molecule has 30 heavy (non-hydrogen) atoms. The summed E-state index contributed by atoms with van der Waals surface area (Å²) >= 11 is 0. The van der Waals surface area contributed by atoms with Crippen molar-refractivity contribution in [2.45, 2.75) is 57.8 Å². The van der Waals surface area contributed by atoms with E-state index >= 15 is 0 Å². The van der Waals surface area contributed by atoms with Crippen molar-refractivity contribution in [1.82, 2.24) is 15.8 Å². The summed E-state index contributed by atoms with van der Waals surface area (Å²) in [5.41, 5.74) is 5.62. The van der Waals surface area contributed by atoms with Gasteiger partial charge in [0.15, 0.2) is 8.32 Å². The highest BCUT2D eigenvalue weighted by atomic mass is 28.4. The van der Waals surface area contributed by atoms with Gasteiger partial charge >= 0.3 is 0 Å². The van der Waals surface area contributed by atoms with Crippen LogP contribution in [0.3, 0.4) is 0 Å². The first-order valence-electron chi connectivity index (χ1n) is 10.1. The summed E-state index contributed by atoms with van der Waals surface area (Å²) < 4.78 is 5.82. The lowest BCUT2D eigenvalue weighted by molar-refractivity contribution is -0.134. The molecule has 162 valence electrons. The molecule has 1 heterocycles. The summed E-state index contributed by atoms with van der Waals surface area (Å²) in [7, 11) is -2.05. The number of nitrogens with one attached hydrogen (secondary N) is 2. The number of benzene rings is 1. The second kappa shape index (κ2) is 7.96. The molecule has 0 atom stereocenters. The highest BCUT2D eigenvalue weighted by molar-refractivity contribution is 6.74. The topological polar surface area (TPSA) is 105 Å². The molecule has 1 aliphatic carbocycles. The maximum Gasteiger partial charge on any atom is 0.263 e. The van der Waals surface area contributed by atoms with E-state index in [0.29, 0.717) is 24.0 Å². The summed E-state index contributed by atoms with van der Waals surface area (Å²) in [6.45, 7) is 10.2. The van der Waals surface area contributed by atoms with E-state index in [1.807, 2.05) is 13.1 Å². The number of hydrogen-bond acceptors (Lipinski definition) is 5. The van der Waals surface area contributed by atoms with Crippen molar-refractivity contribution in [3.05, 3.63) is 35.4 Å². The first-order chi connectivity index (χ1) is 13.9. The molecular weight excluding hydrogens is 402 g/mol. The van der Waals surface area contributed by atoms with Crippen LogP contribution in [0.2, 0.25) is 18.1 Å². The van der Waals surface area contributed by atoms with Gasteiger partial charge in [-0.1, -0.05) is 32.9 Å². The van der Waals surface area contributed by atoms with Crippen molar-refractivity contribution in [3.63, 3.8) is 0 Å². The molecule has 8 nitrogen and oxygen atoms in total. The van der Waals surface area contributed by atoms with Gasteiger partial charge in [-0.3, -0.25) is 34.9 Å². The Bertz CT molecular complexity index is 852. The van der Waals surface area contributed by atoms with E-state index in [1.165, 1.54) is 4.90 Å². The summed E-state index contributed by atoms with van der Waals surface area (Å²) in [6, 6.07) is 6.43. The van der Waals surface area contributed by atoms with E-state index in [1.54, 1.807) is 24.3 Å². The monoisotopic (exact) mass is 431 g/mol. The van der Waals surface area contributed by atoms with Gasteiger partial charge in [0.25, 0.3) is 17.7 Å². The molecule has 0 unspecified atom stereocenters. The van der Waals surface area contributed by atoms with Crippen LogP contribution in [-0.2, 0) is 14.0 Å². The molecule has 0 aromatic heterocycles. The van der Waals surface area contributed by atoms with Gasteiger partial charge in [0, 0.05) is 12.0 Å². The SMILES string of the molecule is CC(C)(C)[Si](C)(C)OCC(=O)NNC(=O)C1CC(N2C(=O)c3ccccc3C2=O)C1. The predicted octanol–water partition coefficient (Wildman–Crippen LogP) is 2.23. The number of hydrogen-bond donors (Lipinski definition) is 2. The highest BCUT2D eigenvalue weighted by Gasteiger charge is 2.46. The van der Waals surface area contributed by atoms with E-state index in [0.717, 1.165) is 0 Å². The van der Waals surface area contributed by atoms with Crippen LogP contribution in [0.15, 0.2) is 24.3 Å². The third-order valence-electron chi connectivity index (χ3n) is 6.37. The maximum atomic E-state index is 12.5. The minimum Gasteiger partial charge on any atom is -0.407 e. The van der Waals surface area contributed by atoms with Crippen LogP contribution in [0.4, 0.5) is 0 Å². The highest BCUT2D eigenvalue weighted by Crippen LogP contribution is 2.37. The van der Waals surface area contributed by atoms with Gasteiger partial charge in [-0.15, -0.1) is 0 Å². The molecule has 0 bridgehead atoms. The Labute approximate surface area is 177 Å². The zero-order chi connectivity index (χ0) is 22.3. The summed E-state index contributed by atoms with van der Waals surface area (Å²) in [5, 5.41) is -0.0123. The van der Waals surface area contributed by atoms with Crippen LogP contribution >= 0.6 is 0 Å². The van der Waals surface area contributed by atoms with Crippen LogP contribution in [0, 0.1) is 5.92 Å². The lowest BCUT2D eigenvalue weighted by Crippen LogP contribution is -2.54.